The highest BCUT2D eigenvalue weighted by molar-refractivity contribution is 6.08. The quantitative estimate of drug-likeness (QED) is 0.820. The summed E-state index contributed by atoms with van der Waals surface area (Å²) in [5.41, 5.74) is -0.886. The lowest BCUT2D eigenvalue weighted by Crippen LogP contribution is -2.36. The molecule has 0 saturated carbocycles. The van der Waals surface area contributed by atoms with E-state index in [-0.39, 0.29) is 12.2 Å². The van der Waals surface area contributed by atoms with E-state index in [9.17, 15) is 14.7 Å². The first-order chi connectivity index (χ1) is 9.11. The van der Waals surface area contributed by atoms with Gasteiger partial charge in [-0.2, -0.15) is 0 Å². The Balaban J connectivity index is 1.95. The Morgan fingerprint density at radius 3 is 2.79 bits per heavy atom. The molecule has 0 saturated heterocycles. The summed E-state index contributed by atoms with van der Waals surface area (Å²) >= 11 is 0. The van der Waals surface area contributed by atoms with E-state index >= 15 is 0 Å². The predicted molar refractivity (Wildman–Crippen MR) is 66.6 cm³/mol. The van der Waals surface area contributed by atoms with E-state index in [4.69, 9.17) is 4.42 Å². The maximum Gasteiger partial charge on any atom is 0.261 e. The molecule has 1 aliphatic rings. The molecule has 5 nitrogen and oxygen atoms in total. The first kappa shape index (κ1) is 11.7. The van der Waals surface area contributed by atoms with Crippen LogP contribution in [0.3, 0.4) is 0 Å². The smallest absolute Gasteiger partial charge is 0.261 e. The summed E-state index contributed by atoms with van der Waals surface area (Å²) in [7, 11) is 0. The van der Waals surface area contributed by atoms with Gasteiger partial charge in [-0.05, 0) is 18.2 Å². The molecule has 2 aromatic rings. The van der Waals surface area contributed by atoms with Gasteiger partial charge < -0.3 is 14.8 Å². The average molecular weight is 257 g/mol. The highest BCUT2D eigenvalue weighted by Gasteiger charge is 2.46. The number of hydrogen-bond donors (Lipinski definition) is 2. The molecule has 1 amide bonds. The molecule has 2 N–H and O–H groups in total. The number of furan rings is 1. The molecule has 1 aromatic carbocycles. The standard InChI is InChI=1S/C14H11NO4/c16-11(12-6-3-7-19-12)8-14(18)9-4-1-2-5-10(9)15-13(14)17/h1-7,18H,8H2,(H,15,17)/t14-/m1/s1. The van der Waals surface area contributed by atoms with Crippen LogP contribution in [0.5, 0.6) is 0 Å². The van der Waals surface area contributed by atoms with Gasteiger partial charge in [-0.3, -0.25) is 9.59 Å². The van der Waals surface area contributed by atoms with Crippen LogP contribution < -0.4 is 5.32 Å². The molecule has 19 heavy (non-hydrogen) atoms. The van der Waals surface area contributed by atoms with Crippen LogP contribution in [0.1, 0.15) is 22.5 Å². The van der Waals surface area contributed by atoms with E-state index in [0.29, 0.717) is 11.3 Å². The summed E-state index contributed by atoms with van der Waals surface area (Å²) in [5.74, 6) is -0.876. The van der Waals surface area contributed by atoms with Gasteiger partial charge >= 0.3 is 0 Å². The SMILES string of the molecule is O=C(C[C@]1(O)C(=O)Nc2ccccc21)c1ccco1. The fraction of sp³-hybridized carbons (Fsp3) is 0.143. The molecule has 5 heteroatoms. The van der Waals surface area contributed by atoms with Gasteiger partial charge in [-0.25, -0.2) is 0 Å². The summed E-state index contributed by atoms with van der Waals surface area (Å²) in [4.78, 5) is 23.9. The van der Waals surface area contributed by atoms with Crippen LogP contribution in [0.2, 0.25) is 0 Å². The summed E-state index contributed by atoms with van der Waals surface area (Å²) in [6, 6.07) is 9.86. The van der Waals surface area contributed by atoms with Crippen molar-refractivity contribution in [2.24, 2.45) is 0 Å². The van der Waals surface area contributed by atoms with E-state index in [0.717, 1.165) is 0 Å². The van der Waals surface area contributed by atoms with Crippen molar-refractivity contribution in [3.8, 4) is 0 Å². The molecular weight excluding hydrogens is 246 g/mol. The van der Waals surface area contributed by atoms with Crippen LogP contribution in [0.25, 0.3) is 0 Å². The van der Waals surface area contributed by atoms with E-state index < -0.39 is 17.3 Å². The Labute approximate surface area is 108 Å². The minimum atomic E-state index is -1.83. The topological polar surface area (TPSA) is 79.5 Å². The molecule has 1 atom stereocenters. The largest absolute Gasteiger partial charge is 0.461 e. The van der Waals surface area contributed by atoms with Crippen LogP contribution in [0.4, 0.5) is 5.69 Å². The molecule has 96 valence electrons. The maximum absolute atomic E-state index is 12.0. The maximum atomic E-state index is 12.0. The van der Waals surface area contributed by atoms with Crippen molar-refractivity contribution in [2.45, 2.75) is 12.0 Å². The number of rotatable bonds is 3. The van der Waals surface area contributed by atoms with Crippen molar-refractivity contribution in [1.29, 1.82) is 0 Å². The molecule has 1 aliphatic heterocycles. The number of nitrogens with one attached hydrogen (secondary N) is 1. The van der Waals surface area contributed by atoms with Gasteiger partial charge in [0.05, 0.1) is 12.7 Å². The zero-order valence-corrected chi connectivity index (χ0v) is 9.92. The van der Waals surface area contributed by atoms with Crippen molar-refractivity contribution >= 4 is 17.4 Å². The Morgan fingerprint density at radius 1 is 1.26 bits per heavy atom. The molecule has 3 rings (SSSR count). The number of carbonyl (C=O) groups is 2. The number of aliphatic hydroxyl groups is 1. The van der Waals surface area contributed by atoms with Crippen molar-refractivity contribution in [1.82, 2.24) is 0 Å². The number of fused-ring (bicyclic) bond motifs is 1. The molecule has 2 heterocycles. The third kappa shape index (κ3) is 1.75. The highest BCUT2D eigenvalue weighted by atomic mass is 16.3. The second-order valence-electron chi connectivity index (χ2n) is 4.44. The summed E-state index contributed by atoms with van der Waals surface area (Å²) < 4.78 is 4.98. The van der Waals surface area contributed by atoms with Crippen LogP contribution in [-0.4, -0.2) is 16.8 Å². The normalized spacial score (nSPS) is 21.0. The van der Waals surface area contributed by atoms with Gasteiger partial charge in [0, 0.05) is 11.3 Å². The Hall–Kier alpha value is -2.40. The number of carbonyl (C=O) groups excluding carboxylic acids is 2. The monoisotopic (exact) mass is 257 g/mol. The van der Waals surface area contributed by atoms with Gasteiger partial charge in [0.25, 0.3) is 5.91 Å². The molecular formula is C14H11NO4. The van der Waals surface area contributed by atoms with Gasteiger partial charge in [-0.1, -0.05) is 18.2 Å². The van der Waals surface area contributed by atoms with Crippen molar-refractivity contribution in [3.63, 3.8) is 0 Å². The highest BCUT2D eigenvalue weighted by Crippen LogP contribution is 2.38. The number of para-hydroxylation sites is 1. The third-order valence-electron chi connectivity index (χ3n) is 3.21. The molecule has 0 fully saturated rings. The number of ketones is 1. The van der Waals surface area contributed by atoms with Gasteiger partial charge in [0.1, 0.15) is 0 Å². The van der Waals surface area contributed by atoms with E-state index in [1.54, 1.807) is 30.3 Å². The van der Waals surface area contributed by atoms with Crippen LogP contribution in [0.15, 0.2) is 47.1 Å². The van der Waals surface area contributed by atoms with Crippen LogP contribution in [0, 0.1) is 0 Å². The number of hydrogen-bond acceptors (Lipinski definition) is 4. The number of Topliss-reactive ketones (excluding diaryl/α,β-unsaturated/α-hetero) is 1. The molecule has 1 aromatic heterocycles. The molecule has 0 unspecified atom stereocenters. The zero-order chi connectivity index (χ0) is 13.5. The lowest BCUT2D eigenvalue weighted by atomic mass is 9.89. The number of anilines is 1. The second kappa shape index (κ2) is 4.07. The van der Waals surface area contributed by atoms with Crippen molar-refractivity contribution in [2.75, 3.05) is 5.32 Å². The van der Waals surface area contributed by atoms with E-state index in [2.05, 4.69) is 5.32 Å². The summed E-state index contributed by atoms with van der Waals surface area (Å²) in [6.07, 6.45) is 1.03. The van der Waals surface area contributed by atoms with Gasteiger partial charge in [0.15, 0.2) is 11.4 Å². The Kier molecular flexibility index (Phi) is 2.50. The predicted octanol–water partition coefficient (Wildman–Crippen LogP) is 1.69. The molecule has 0 bridgehead atoms. The van der Waals surface area contributed by atoms with Gasteiger partial charge in [0.2, 0.25) is 5.78 Å². The van der Waals surface area contributed by atoms with Crippen LogP contribution >= 0.6 is 0 Å². The van der Waals surface area contributed by atoms with E-state index in [1.807, 2.05) is 0 Å². The third-order valence-corrected chi connectivity index (χ3v) is 3.21. The molecule has 0 radical (unpaired) electrons. The Morgan fingerprint density at radius 2 is 2.05 bits per heavy atom. The summed E-state index contributed by atoms with van der Waals surface area (Å²) in [6.45, 7) is 0. The minimum absolute atomic E-state index is 0.130. The zero-order valence-electron chi connectivity index (χ0n) is 9.92. The number of amides is 1. The molecule has 0 aliphatic carbocycles. The van der Waals surface area contributed by atoms with Crippen molar-refractivity contribution < 1.29 is 19.1 Å². The lowest BCUT2D eigenvalue weighted by Gasteiger charge is -2.19. The fourth-order valence-corrected chi connectivity index (χ4v) is 2.23. The Bertz CT molecular complexity index is 647. The van der Waals surface area contributed by atoms with Crippen LogP contribution in [-0.2, 0) is 10.4 Å². The first-order valence-electron chi connectivity index (χ1n) is 5.81. The van der Waals surface area contributed by atoms with E-state index in [1.165, 1.54) is 12.3 Å². The fourth-order valence-electron chi connectivity index (χ4n) is 2.23. The van der Waals surface area contributed by atoms with Crippen molar-refractivity contribution in [3.05, 3.63) is 54.0 Å². The average Bonchev–Trinajstić information content (AvgIpc) is 2.99. The lowest BCUT2D eigenvalue weighted by molar-refractivity contribution is -0.133. The minimum Gasteiger partial charge on any atom is -0.461 e. The van der Waals surface area contributed by atoms with Gasteiger partial charge in [-0.15, -0.1) is 0 Å². The second-order valence-corrected chi connectivity index (χ2v) is 4.44. The summed E-state index contributed by atoms with van der Waals surface area (Å²) in [5, 5.41) is 13.1. The number of benzene rings is 1. The first-order valence-corrected chi connectivity index (χ1v) is 5.81. The molecule has 0 spiro atoms.